The molecule has 31 heavy (non-hydrogen) atoms. The summed E-state index contributed by atoms with van der Waals surface area (Å²) >= 11 is 0. The van der Waals surface area contributed by atoms with E-state index in [9.17, 15) is 4.79 Å². The van der Waals surface area contributed by atoms with Crippen LogP contribution in [0.4, 0.5) is 11.5 Å². The van der Waals surface area contributed by atoms with Crippen molar-refractivity contribution in [3.63, 3.8) is 0 Å². The van der Waals surface area contributed by atoms with Crippen LogP contribution >= 0.6 is 0 Å². The highest BCUT2D eigenvalue weighted by Crippen LogP contribution is 2.30. The minimum atomic E-state index is -0.122. The Morgan fingerprint density at radius 2 is 1.52 bits per heavy atom. The van der Waals surface area contributed by atoms with Crippen molar-refractivity contribution in [2.75, 3.05) is 5.32 Å². The lowest BCUT2D eigenvalue weighted by molar-refractivity contribution is 0.478. The van der Waals surface area contributed by atoms with Gasteiger partial charge >= 0.3 is 0 Å². The van der Waals surface area contributed by atoms with Crippen LogP contribution in [0.1, 0.15) is 32.8 Å². The Hall–Kier alpha value is -3.73. The number of benzene rings is 3. The second-order valence-electron chi connectivity index (χ2n) is 8.19. The van der Waals surface area contributed by atoms with Crippen molar-refractivity contribution in [3.05, 3.63) is 101 Å². The largest absolute Gasteiger partial charge is 0.457 e. The van der Waals surface area contributed by atoms with Gasteiger partial charge in [0, 0.05) is 11.8 Å². The highest BCUT2D eigenvalue weighted by atomic mass is 16.5. The maximum absolute atomic E-state index is 12.3. The predicted octanol–water partition coefficient (Wildman–Crippen LogP) is 6.39. The Balaban J connectivity index is 1.43. The minimum Gasteiger partial charge on any atom is -0.457 e. The van der Waals surface area contributed by atoms with Crippen LogP contribution < -0.4 is 15.6 Å². The Labute approximate surface area is 182 Å². The molecule has 0 unspecified atom stereocenters. The summed E-state index contributed by atoms with van der Waals surface area (Å²) in [5.41, 5.74) is 2.99. The van der Waals surface area contributed by atoms with E-state index in [-0.39, 0.29) is 11.0 Å². The van der Waals surface area contributed by atoms with E-state index < -0.39 is 0 Å². The monoisotopic (exact) mass is 413 g/mol. The number of nitrogens with one attached hydrogen (secondary N) is 2. The van der Waals surface area contributed by atoms with Crippen LogP contribution in [0.25, 0.3) is 5.69 Å². The molecule has 3 aromatic carbocycles. The molecule has 2 N–H and O–H groups in total. The first-order chi connectivity index (χ1) is 14.9. The number of hydrogen-bond acceptors (Lipinski definition) is 3. The van der Waals surface area contributed by atoms with Crippen molar-refractivity contribution in [2.45, 2.75) is 32.6 Å². The van der Waals surface area contributed by atoms with Gasteiger partial charge in [0.05, 0.1) is 5.69 Å². The van der Waals surface area contributed by atoms with E-state index in [2.05, 4.69) is 43.3 Å². The maximum Gasteiger partial charge on any atom is 0.273 e. The third kappa shape index (κ3) is 4.72. The quantitative estimate of drug-likeness (QED) is 0.369. The maximum atomic E-state index is 12.3. The third-order valence-electron chi connectivity index (χ3n) is 5.62. The summed E-state index contributed by atoms with van der Waals surface area (Å²) < 4.78 is 7.48. The van der Waals surface area contributed by atoms with Crippen LogP contribution in [0.5, 0.6) is 11.5 Å². The molecule has 4 rings (SSSR count). The van der Waals surface area contributed by atoms with Gasteiger partial charge in [0.15, 0.2) is 0 Å². The molecule has 1 heterocycles. The van der Waals surface area contributed by atoms with Gasteiger partial charge in [-0.2, -0.15) is 0 Å². The van der Waals surface area contributed by atoms with Crippen molar-refractivity contribution in [3.8, 4) is 17.2 Å². The first-order valence-corrected chi connectivity index (χ1v) is 10.5. The lowest BCUT2D eigenvalue weighted by Gasteiger charge is -2.23. The fourth-order valence-corrected chi connectivity index (χ4v) is 3.30. The summed E-state index contributed by atoms with van der Waals surface area (Å²) in [7, 11) is 0. The molecular weight excluding hydrogens is 386 g/mol. The summed E-state index contributed by atoms with van der Waals surface area (Å²) in [6.45, 7) is 6.69. The first kappa shape index (κ1) is 20.5. The molecular formula is C26H27N3O2. The van der Waals surface area contributed by atoms with Crippen LogP contribution in [0.15, 0.2) is 89.7 Å². The number of aromatic amines is 1. The third-order valence-corrected chi connectivity index (χ3v) is 5.62. The van der Waals surface area contributed by atoms with E-state index in [0.29, 0.717) is 5.82 Å². The number of H-pyrrole nitrogens is 1. The number of aromatic nitrogens is 2. The molecule has 0 spiro atoms. The lowest BCUT2D eigenvalue weighted by atomic mass is 9.82. The fraction of sp³-hybridized carbons (Fsp3) is 0.192. The predicted molar refractivity (Wildman–Crippen MR) is 126 cm³/mol. The van der Waals surface area contributed by atoms with Crippen LogP contribution in [0.3, 0.4) is 0 Å². The van der Waals surface area contributed by atoms with Crippen molar-refractivity contribution in [2.24, 2.45) is 0 Å². The molecule has 1 aromatic heterocycles. The number of anilines is 2. The van der Waals surface area contributed by atoms with Gasteiger partial charge < -0.3 is 10.1 Å². The van der Waals surface area contributed by atoms with Crippen molar-refractivity contribution in [1.82, 2.24) is 9.78 Å². The summed E-state index contributed by atoms with van der Waals surface area (Å²) in [6.07, 6.45) is 1.08. The molecule has 0 aliphatic rings. The molecule has 0 atom stereocenters. The molecule has 0 amide bonds. The summed E-state index contributed by atoms with van der Waals surface area (Å²) in [4.78, 5) is 12.3. The second-order valence-corrected chi connectivity index (χ2v) is 8.19. The standard InChI is InChI=1S/C26H27N3O2/c1-4-26(2,3)19-10-14-22(15-11-19)31-23-16-12-20(13-17-23)27-24-18-25(30)29(28-24)21-8-6-5-7-9-21/h5-18,27-28H,4H2,1-3H3. The Kier molecular flexibility index (Phi) is 5.67. The van der Waals surface area contributed by atoms with E-state index in [4.69, 9.17) is 4.74 Å². The van der Waals surface area contributed by atoms with Crippen LogP contribution in [-0.4, -0.2) is 9.78 Å². The van der Waals surface area contributed by atoms with Gasteiger partial charge in [-0.3, -0.25) is 9.89 Å². The minimum absolute atomic E-state index is 0.122. The van der Waals surface area contributed by atoms with Crippen molar-refractivity contribution < 1.29 is 4.74 Å². The van der Waals surface area contributed by atoms with Gasteiger partial charge in [0.1, 0.15) is 17.3 Å². The zero-order valence-corrected chi connectivity index (χ0v) is 18.1. The molecule has 158 valence electrons. The molecule has 0 bridgehead atoms. The van der Waals surface area contributed by atoms with Crippen molar-refractivity contribution in [1.29, 1.82) is 0 Å². The van der Waals surface area contributed by atoms with E-state index in [1.54, 1.807) is 0 Å². The lowest BCUT2D eigenvalue weighted by Crippen LogP contribution is -2.14. The van der Waals surface area contributed by atoms with E-state index >= 15 is 0 Å². The molecule has 0 radical (unpaired) electrons. The highest BCUT2D eigenvalue weighted by molar-refractivity contribution is 5.57. The van der Waals surface area contributed by atoms with Crippen LogP contribution in [0, 0.1) is 0 Å². The van der Waals surface area contributed by atoms with Gasteiger partial charge in [-0.05, 0) is 65.9 Å². The molecule has 0 saturated carbocycles. The zero-order valence-electron chi connectivity index (χ0n) is 18.1. The normalized spacial score (nSPS) is 11.3. The highest BCUT2D eigenvalue weighted by Gasteiger charge is 2.17. The number of para-hydroxylation sites is 1. The fourth-order valence-electron chi connectivity index (χ4n) is 3.30. The zero-order chi connectivity index (χ0) is 21.8. The number of hydrogen-bond donors (Lipinski definition) is 2. The smallest absolute Gasteiger partial charge is 0.273 e. The van der Waals surface area contributed by atoms with Gasteiger partial charge in [0.2, 0.25) is 0 Å². The number of ether oxygens (including phenoxy) is 1. The van der Waals surface area contributed by atoms with Gasteiger partial charge in [-0.25, -0.2) is 4.68 Å². The van der Waals surface area contributed by atoms with E-state index in [0.717, 1.165) is 29.3 Å². The SMILES string of the molecule is CCC(C)(C)c1ccc(Oc2ccc(Nc3cc(=O)n(-c4ccccc4)[nH]3)cc2)cc1. The first-order valence-electron chi connectivity index (χ1n) is 10.5. The molecule has 0 saturated heterocycles. The number of nitrogens with zero attached hydrogens (tertiary/aromatic N) is 1. The molecule has 4 aromatic rings. The van der Waals surface area contributed by atoms with E-state index in [1.165, 1.54) is 16.3 Å². The Morgan fingerprint density at radius 3 is 2.13 bits per heavy atom. The van der Waals surface area contributed by atoms with Crippen LogP contribution in [0.2, 0.25) is 0 Å². The number of rotatable bonds is 7. The van der Waals surface area contributed by atoms with Gasteiger partial charge in [-0.1, -0.05) is 51.1 Å². The molecule has 5 heteroatoms. The molecule has 0 aliphatic carbocycles. The molecule has 0 aliphatic heterocycles. The van der Waals surface area contributed by atoms with Crippen LogP contribution in [-0.2, 0) is 5.41 Å². The topological polar surface area (TPSA) is 59.0 Å². The summed E-state index contributed by atoms with van der Waals surface area (Å²) in [5, 5.41) is 6.31. The average Bonchev–Trinajstić information content (AvgIpc) is 3.16. The average molecular weight is 414 g/mol. The molecule has 0 fully saturated rings. The Morgan fingerprint density at radius 1 is 0.903 bits per heavy atom. The summed E-state index contributed by atoms with van der Waals surface area (Å²) in [5.74, 6) is 2.18. The molecule has 5 nitrogen and oxygen atoms in total. The van der Waals surface area contributed by atoms with Gasteiger partial charge in [0.25, 0.3) is 5.56 Å². The van der Waals surface area contributed by atoms with E-state index in [1.807, 2.05) is 66.7 Å². The van der Waals surface area contributed by atoms with Crippen molar-refractivity contribution >= 4 is 11.5 Å². The van der Waals surface area contributed by atoms with Gasteiger partial charge in [-0.15, -0.1) is 0 Å². The Bertz CT molecular complexity index is 1190. The second kappa shape index (κ2) is 8.56. The summed E-state index contributed by atoms with van der Waals surface area (Å²) in [6, 6.07) is 26.9.